The summed E-state index contributed by atoms with van der Waals surface area (Å²) < 4.78 is 26.7. The molecule has 1 amide bonds. The highest BCUT2D eigenvalue weighted by Gasteiger charge is 2.06. The molecule has 0 aliphatic heterocycles. The van der Waals surface area contributed by atoms with Crippen molar-refractivity contribution in [3.05, 3.63) is 58.6 Å². The lowest BCUT2D eigenvalue weighted by molar-refractivity contribution is -0.113. The predicted molar refractivity (Wildman–Crippen MR) is 79.9 cm³/mol. The van der Waals surface area contributed by atoms with Crippen LogP contribution in [0, 0.1) is 11.6 Å². The van der Waals surface area contributed by atoms with E-state index < -0.39 is 11.6 Å². The van der Waals surface area contributed by atoms with Gasteiger partial charge in [0, 0.05) is 15.1 Å². The van der Waals surface area contributed by atoms with Crippen molar-refractivity contribution in [3.63, 3.8) is 0 Å². The van der Waals surface area contributed by atoms with Crippen molar-refractivity contribution in [2.24, 2.45) is 0 Å². The maximum atomic E-state index is 13.0. The first-order chi connectivity index (χ1) is 9.54. The van der Waals surface area contributed by atoms with Gasteiger partial charge in [0.25, 0.3) is 0 Å². The second-order valence-electron chi connectivity index (χ2n) is 3.92. The van der Waals surface area contributed by atoms with Crippen LogP contribution < -0.4 is 5.32 Å². The Balaban J connectivity index is 1.88. The van der Waals surface area contributed by atoms with E-state index in [1.807, 2.05) is 12.1 Å². The lowest BCUT2D eigenvalue weighted by Gasteiger charge is -2.05. The van der Waals surface area contributed by atoms with Crippen molar-refractivity contribution >= 4 is 39.3 Å². The molecule has 0 bridgehead atoms. The predicted octanol–water partition coefficient (Wildman–Crippen LogP) is 4.46. The number of carbonyl (C=O) groups is 1. The number of anilines is 1. The molecule has 0 spiro atoms. The molecule has 0 atom stereocenters. The molecule has 2 aromatic carbocycles. The van der Waals surface area contributed by atoms with Crippen molar-refractivity contribution in [1.82, 2.24) is 0 Å². The van der Waals surface area contributed by atoms with Gasteiger partial charge in [-0.1, -0.05) is 15.9 Å². The second-order valence-corrected chi connectivity index (χ2v) is 5.88. The summed E-state index contributed by atoms with van der Waals surface area (Å²) in [5.41, 5.74) is 0.684. The summed E-state index contributed by atoms with van der Waals surface area (Å²) in [6, 6.07) is 10.7. The van der Waals surface area contributed by atoms with Crippen LogP contribution in [0.3, 0.4) is 0 Å². The van der Waals surface area contributed by atoms with Gasteiger partial charge >= 0.3 is 0 Å². The zero-order valence-corrected chi connectivity index (χ0v) is 12.6. The molecule has 0 radical (unpaired) electrons. The first kappa shape index (κ1) is 15.0. The molecule has 1 N–H and O–H groups in total. The van der Waals surface area contributed by atoms with Gasteiger partial charge in [-0.25, -0.2) is 8.78 Å². The van der Waals surface area contributed by atoms with Crippen LogP contribution in [0.1, 0.15) is 0 Å². The van der Waals surface area contributed by atoms with Gasteiger partial charge in [-0.3, -0.25) is 4.79 Å². The van der Waals surface area contributed by atoms with Gasteiger partial charge in [-0.2, -0.15) is 0 Å². The zero-order valence-electron chi connectivity index (χ0n) is 10.2. The number of thioether (sulfide) groups is 1. The van der Waals surface area contributed by atoms with Crippen LogP contribution in [0.25, 0.3) is 0 Å². The first-order valence-electron chi connectivity index (χ1n) is 5.68. The fraction of sp³-hybridized carbons (Fsp3) is 0.0714. The van der Waals surface area contributed by atoms with E-state index in [1.54, 1.807) is 12.1 Å². The molecule has 0 unspecified atom stereocenters. The van der Waals surface area contributed by atoms with Gasteiger partial charge in [-0.15, -0.1) is 11.8 Å². The lowest BCUT2D eigenvalue weighted by atomic mass is 10.3. The summed E-state index contributed by atoms with van der Waals surface area (Å²) in [6.45, 7) is 0. The van der Waals surface area contributed by atoms with E-state index in [0.29, 0.717) is 10.6 Å². The molecule has 0 saturated carbocycles. The Labute approximate surface area is 127 Å². The minimum atomic E-state index is -0.914. The Morgan fingerprint density at radius 2 is 1.80 bits per heavy atom. The molecule has 0 aliphatic carbocycles. The first-order valence-corrected chi connectivity index (χ1v) is 7.46. The summed E-state index contributed by atoms with van der Waals surface area (Å²) in [5, 5.41) is 2.72. The molecule has 104 valence electrons. The standard InChI is InChI=1S/C14H10BrF2NOS/c15-9-1-3-10(4-2-9)18-14(19)8-20-11-5-6-12(16)13(17)7-11/h1-7H,8H2,(H,18,19). The molecule has 0 aliphatic rings. The van der Waals surface area contributed by atoms with Gasteiger partial charge in [0.1, 0.15) is 0 Å². The van der Waals surface area contributed by atoms with E-state index in [4.69, 9.17) is 0 Å². The normalized spacial score (nSPS) is 10.3. The fourth-order valence-corrected chi connectivity index (χ4v) is 2.43. The van der Waals surface area contributed by atoms with Crippen molar-refractivity contribution < 1.29 is 13.6 Å². The van der Waals surface area contributed by atoms with Crippen molar-refractivity contribution in [2.45, 2.75) is 4.90 Å². The van der Waals surface area contributed by atoms with Gasteiger partial charge in [0.2, 0.25) is 5.91 Å². The highest BCUT2D eigenvalue weighted by Crippen LogP contribution is 2.21. The van der Waals surface area contributed by atoms with E-state index in [0.717, 1.165) is 28.4 Å². The highest BCUT2D eigenvalue weighted by atomic mass is 79.9. The Morgan fingerprint density at radius 3 is 2.45 bits per heavy atom. The quantitative estimate of drug-likeness (QED) is 0.818. The molecule has 2 rings (SSSR count). The number of carbonyl (C=O) groups excluding carboxylic acids is 1. The third-order valence-electron chi connectivity index (χ3n) is 2.39. The number of hydrogen-bond acceptors (Lipinski definition) is 2. The summed E-state index contributed by atoms with van der Waals surface area (Å²) in [7, 11) is 0. The lowest BCUT2D eigenvalue weighted by Crippen LogP contribution is -2.13. The molecule has 0 aromatic heterocycles. The molecule has 0 saturated heterocycles. The smallest absolute Gasteiger partial charge is 0.234 e. The SMILES string of the molecule is O=C(CSc1ccc(F)c(F)c1)Nc1ccc(Br)cc1. The molecule has 0 fully saturated rings. The van der Waals surface area contributed by atoms with E-state index >= 15 is 0 Å². The number of rotatable bonds is 4. The highest BCUT2D eigenvalue weighted by molar-refractivity contribution is 9.10. The number of hydrogen-bond donors (Lipinski definition) is 1. The number of benzene rings is 2. The largest absolute Gasteiger partial charge is 0.325 e. The minimum absolute atomic E-state index is 0.126. The average Bonchev–Trinajstić information content (AvgIpc) is 2.43. The Morgan fingerprint density at radius 1 is 1.10 bits per heavy atom. The van der Waals surface area contributed by atoms with Crippen LogP contribution in [0.5, 0.6) is 0 Å². The van der Waals surface area contributed by atoms with Crippen LogP contribution in [-0.2, 0) is 4.79 Å². The average molecular weight is 358 g/mol. The third kappa shape index (κ3) is 4.31. The summed E-state index contributed by atoms with van der Waals surface area (Å²) in [5.74, 6) is -1.89. The van der Waals surface area contributed by atoms with Crippen LogP contribution in [0.15, 0.2) is 51.8 Å². The molecule has 6 heteroatoms. The van der Waals surface area contributed by atoms with Crippen LogP contribution in [-0.4, -0.2) is 11.7 Å². The topological polar surface area (TPSA) is 29.1 Å². The van der Waals surface area contributed by atoms with Crippen molar-refractivity contribution in [3.8, 4) is 0 Å². The maximum Gasteiger partial charge on any atom is 0.234 e. The van der Waals surface area contributed by atoms with Gasteiger partial charge in [0.05, 0.1) is 5.75 Å². The summed E-state index contributed by atoms with van der Waals surface area (Å²) in [6.07, 6.45) is 0. The Hall–Kier alpha value is -1.40. The minimum Gasteiger partial charge on any atom is -0.325 e. The fourth-order valence-electron chi connectivity index (χ4n) is 1.45. The van der Waals surface area contributed by atoms with E-state index in [-0.39, 0.29) is 11.7 Å². The van der Waals surface area contributed by atoms with E-state index in [1.165, 1.54) is 6.07 Å². The molecule has 20 heavy (non-hydrogen) atoms. The zero-order chi connectivity index (χ0) is 14.5. The molecule has 0 heterocycles. The Kier molecular flexibility index (Phi) is 5.14. The molecular weight excluding hydrogens is 348 g/mol. The van der Waals surface area contributed by atoms with Crippen LogP contribution >= 0.6 is 27.7 Å². The Bertz CT molecular complexity index is 619. The second kappa shape index (κ2) is 6.85. The van der Waals surface area contributed by atoms with Crippen molar-refractivity contribution in [2.75, 3.05) is 11.1 Å². The molecule has 2 nitrogen and oxygen atoms in total. The van der Waals surface area contributed by atoms with Crippen LogP contribution in [0.4, 0.5) is 14.5 Å². The summed E-state index contributed by atoms with van der Waals surface area (Å²) in [4.78, 5) is 12.2. The third-order valence-corrected chi connectivity index (χ3v) is 3.91. The van der Waals surface area contributed by atoms with E-state index in [9.17, 15) is 13.6 Å². The number of halogens is 3. The van der Waals surface area contributed by atoms with Crippen molar-refractivity contribution in [1.29, 1.82) is 0 Å². The van der Waals surface area contributed by atoms with Gasteiger partial charge < -0.3 is 5.32 Å². The monoisotopic (exact) mass is 357 g/mol. The molecule has 2 aromatic rings. The van der Waals surface area contributed by atoms with Gasteiger partial charge in [-0.05, 0) is 42.5 Å². The maximum absolute atomic E-state index is 13.0. The van der Waals surface area contributed by atoms with Crippen LogP contribution in [0.2, 0.25) is 0 Å². The molecular formula is C14H10BrF2NOS. The van der Waals surface area contributed by atoms with E-state index in [2.05, 4.69) is 21.2 Å². The summed E-state index contributed by atoms with van der Waals surface area (Å²) >= 11 is 4.45. The van der Waals surface area contributed by atoms with Gasteiger partial charge in [0.15, 0.2) is 11.6 Å². The number of amides is 1. The number of nitrogens with one attached hydrogen (secondary N) is 1.